The summed E-state index contributed by atoms with van der Waals surface area (Å²) in [6.07, 6.45) is 8.40. The van der Waals surface area contributed by atoms with Crippen molar-refractivity contribution in [3.05, 3.63) is 0 Å². The molecule has 0 bridgehead atoms. The van der Waals surface area contributed by atoms with Crippen LogP contribution in [-0.4, -0.2) is 36.2 Å². The van der Waals surface area contributed by atoms with Gasteiger partial charge in [-0.15, -0.1) is 6.42 Å². The number of aliphatic hydroxyl groups excluding tert-OH is 1. The summed E-state index contributed by atoms with van der Waals surface area (Å²) in [5, 5.41) is 15.2. The van der Waals surface area contributed by atoms with Gasteiger partial charge in [-0.25, -0.2) is 0 Å². The lowest BCUT2D eigenvalue weighted by Crippen LogP contribution is -2.47. The fraction of sp³-hybridized carbons (Fsp3) is 0.727. The lowest BCUT2D eigenvalue weighted by Gasteiger charge is -2.28. The van der Waals surface area contributed by atoms with E-state index in [1.807, 2.05) is 0 Å². The first kappa shape index (κ1) is 12.0. The van der Waals surface area contributed by atoms with E-state index in [0.29, 0.717) is 6.54 Å². The molecule has 0 radical (unpaired) electrons. The van der Waals surface area contributed by atoms with Crippen molar-refractivity contribution in [2.45, 2.75) is 37.8 Å². The van der Waals surface area contributed by atoms with Gasteiger partial charge in [-0.2, -0.15) is 0 Å². The molecule has 0 aromatic heterocycles. The maximum atomic E-state index is 11.4. The van der Waals surface area contributed by atoms with Crippen molar-refractivity contribution in [3.63, 3.8) is 0 Å². The minimum atomic E-state index is -0.393. The third kappa shape index (κ3) is 4.32. The first-order valence-corrected chi connectivity index (χ1v) is 5.35. The molecule has 15 heavy (non-hydrogen) atoms. The van der Waals surface area contributed by atoms with Crippen LogP contribution in [0.1, 0.15) is 25.7 Å². The van der Waals surface area contributed by atoms with Crippen molar-refractivity contribution in [1.29, 1.82) is 0 Å². The number of nitrogens with one attached hydrogen (secondary N) is 2. The maximum absolute atomic E-state index is 11.4. The fourth-order valence-corrected chi connectivity index (χ4v) is 1.79. The largest absolute Gasteiger partial charge is 0.391 e. The summed E-state index contributed by atoms with van der Waals surface area (Å²) in [6, 6.07) is -0.0844. The van der Waals surface area contributed by atoms with Crippen LogP contribution in [0.15, 0.2) is 0 Å². The second-order valence-corrected chi connectivity index (χ2v) is 3.83. The molecule has 2 atom stereocenters. The highest BCUT2D eigenvalue weighted by atomic mass is 16.3. The zero-order chi connectivity index (χ0) is 11.1. The van der Waals surface area contributed by atoms with Gasteiger partial charge in [0.25, 0.3) is 0 Å². The van der Waals surface area contributed by atoms with E-state index in [0.717, 1.165) is 25.7 Å². The molecule has 4 nitrogen and oxygen atoms in total. The van der Waals surface area contributed by atoms with Gasteiger partial charge in [0, 0.05) is 0 Å². The van der Waals surface area contributed by atoms with Gasteiger partial charge in [-0.1, -0.05) is 18.8 Å². The van der Waals surface area contributed by atoms with Crippen molar-refractivity contribution in [2.75, 3.05) is 13.1 Å². The Hall–Kier alpha value is -1.05. The smallest absolute Gasteiger partial charge is 0.234 e. The summed E-state index contributed by atoms with van der Waals surface area (Å²) < 4.78 is 0. The molecule has 1 saturated carbocycles. The number of rotatable bonds is 4. The van der Waals surface area contributed by atoms with E-state index in [4.69, 9.17) is 6.42 Å². The molecule has 0 heterocycles. The summed E-state index contributed by atoms with van der Waals surface area (Å²) in [6.45, 7) is 0.605. The highest BCUT2D eigenvalue weighted by Gasteiger charge is 2.23. The van der Waals surface area contributed by atoms with Crippen LogP contribution in [-0.2, 0) is 4.79 Å². The van der Waals surface area contributed by atoms with Crippen LogP contribution in [0.2, 0.25) is 0 Å². The Labute approximate surface area is 90.4 Å². The van der Waals surface area contributed by atoms with E-state index in [1.165, 1.54) is 0 Å². The van der Waals surface area contributed by atoms with Crippen LogP contribution in [0.5, 0.6) is 0 Å². The van der Waals surface area contributed by atoms with Crippen LogP contribution in [0.3, 0.4) is 0 Å². The van der Waals surface area contributed by atoms with E-state index >= 15 is 0 Å². The summed E-state index contributed by atoms with van der Waals surface area (Å²) in [7, 11) is 0. The second-order valence-electron chi connectivity index (χ2n) is 3.83. The van der Waals surface area contributed by atoms with Crippen LogP contribution < -0.4 is 10.6 Å². The van der Waals surface area contributed by atoms with Gasteiger partial charge in [0.05, 0.1) is 25.2 Å². The molecule has 0 aromatic rings. The predicted molar refractivity (Wildman–Crippen MR) is 58.1 cm³/mol. The monoisotopic (exact) mass is 210 g/mol. The Morgan fingerprint density at radius 2 is 2.20 bits per heavy atom. The molecule has 1 amide bonds. The van der Waals surface area contributed by atoms with Gasteiger partial charge >= 0.3 is 0 Å². The lowest BCUT2D eigenvalue weighted by atomic mass is 9.92. The minimum absolute atomic E-state index is 0.0844. The normalized spacial score (nSPS) is 25.6. The molecule has 0 saturated heterocycles. The topological polar surface area (TPSA) is 61.4 Å². The van der Waals surface area contributed by atoms with E-state index < -0.39 is 6.10 Å². The molecule has 0 spiro atoms. The Balaban J connectivity index is 2.21. The number of carbonyl (C=O) groups is 1. The molecule has 0 aromatic carbocycles. The van der Waals surface area contributed by atoms with Gasteiger partial charge in [-0.05, 0) is 12.8 Å². The predicted octanol–water partition coefficient (Wildman–Crippen LogP) is -0.371. The molecular formula is C11H18N2O2. The average Bonchev–Trinajstić information content (AvgIpc) is 2.22. The summed E-state index contributed by atoms with van der Waals surface area (Å²) in [4.78, 5) is 11.4. The van der Waals surface area contributed by atoms with Crippen molar-refractivity contribution in [2.24, 2.45) is 0 Å². The molecule has 1 fully saturated rings. The molecule has 4 heteroatoms. The number of aliphatic hydroxyl groups is 1. The number of amides is 1. The van der Waals surface area contributed by atoms with Crippen LogP contribution in [0.4, 0.5) is 0 Å². The summed E-state index contributed by atoms with van der Waals surface area (Å²) >= 11 is 0. The lowest BCUT2D eigenvalue weighted by molar-refractivity contribution is -0.122. The third-order valence-electron chi connectivity index (χ3n) is 2.59. The Morgan fingerprint density at radius 3 is 2.87 bits per heavy atom. The van der Waals surface area contributed by atoms with Crippen molar-refractivity contribution >= 4 is 5.91 Å². The number of carbonyl (C=O) groups excluding carboxylic acids is 1. The molecule has 1 rings (SSSR count). The highest BCUT2D eigenvalue weighted by Crippen LogP contribution is 2.17. The molecular weight excluding hydrogens is 192 g/mol. The molecule has 0 aliphatic heterocycles. The van der Waals surface area contributed by atoms with E-state index in [1.54, 1.807) is 0 Å². The van der Waals surface area contributed by atoms with E-state index in [-0.39, 0.29) is 18.5 Å². The quantitative estimate of drug-likeness (QED) is 0.438. The zero-order valence-corrected chi connectivity index (χ0v) is 8.83. The number of terminal acetylenes is 1. The third-order valence-corrected chi connectivity index (χ3v) is 2.59. The standard InChI is InChI=1S/C11H18N2O2/c1-2-7-12-8-11(15)13-9-5-3-4-6-10(9)14/h1,9-10,12,14H,3-8H2,(H,13,15)/t9-,10-/m1/s1. The molecule has 1 aliphatic rings. The van der Waals surface area contributed by atoms with Gasteiger partial charge < -0.3 is 10.4 Å². The molecule has 84 valence electrons. The highest BCUT2D eigenvalue weighted by molar-refractivity contribution is 5.78. The second kappa shape index (κ2) is 6.44. The van der Waals surface area contributed by atoms with Crippen molar-refractivity contribution in [3.8, 4) is 12.3 Å². The Bertz CT molecular complexity index is 247. The zero-order valence-electron chi connectivity index (χ0n) is 8.83. The van der Waals surface area contributed by atoms with E-state index in [2.05, 4.69) is 16.6 Å². The Morgan fingerprint density at radius 1 is 1.47 bits per heavy atom. The van der Waals surface area contributed by atoms with Gasteiger partial charge in [-0.3, -0.25) is 10.1 Å². The molecule has 1 aliphatic carbocycles. The average molecular weight is 210 g/mol. The summed E-state index contributed by atoms with van der Waals surface area (Å²) in [5.74, 6) is 2.29. The van der Waals surface area contributed by atoms with Crippen LogP contribution in [0.25, 0.3) is 0 Å². The van der Waals surface area contributed by atoms with Crippen LogP contribution in [0, 0.1) is 12.3 Å². The Kier molecular flexibility index (Phi) is 5.16. The minimum Gasteiger partial charge on any atom is -0.391 e. The number of hydrogen-bond acceptors (Lipinski definition) is 3. The summed E-state index contributed by atoms with van der Waals surface area (Å²) in [5.41, 5.74) is 0. The molecule has 3 N–H and O–H groups in total. The SMILES string of the molecule is C#CCNCC(=O)N[C@@H]1CCCC[C@H]1O. The number of hydrogen-bond donors (Lipinski definition) is 3. The first-order valence-electron chi connectivity index (χ1n) is 5.35. The van der Waals surface area contributed by atoms with Gasteiger partial charge in [0.15, 0.2) is 0 Å². The van der Waals surface area contributed by atoms with Gasteiger partial charge in [0.1, 0.15) is 0 Å². The fourth-order valence-electron chi connectivity index (χ4n) is 1.79. The maximum Gasteiger partial charge on any atom is 0.234 e. The van der Waals surface area contributed by atoms with Crippen molar-refractivity contribution < 1.29 is 9.90 Å². The molecule has 0 unspecified atom stereocenters. The van der Waals surface area contributed by atoms with Crippen molar-refractivity contribution in [1.82, 2.24) is 10.6 Å². The van der Waals surface area contributed by atoms with Crippen LogP contribution >= 0.6 is 0 Å². The van der Waals surface area contributed by atoms with E-state index in [9.17, 15) is 9.90 Å². The van der Waals surface area contributed by atoms with Gasteiger partial charge in [0.2, 0.25) is 5.91 Å². The first-order chi connectivity index (χ1) is 7.24.